The minimum Gasteiger partial charge on any atom is -0.502 e. The van der Waals surface area contributed by atoms with E-state index < -0.39 is 29.8 Å². The van der Waals surface area contributed by atoms with Gasteiger partial charge in [0.25, 0.3) is 5.91 Å². The Balaban J connectivity index is 1.51. The van der Waals surface area contributed by atoms with Crippen molar-refractivity contribution in [2.45, 2.75) is 37.3 Å². The number of nitrogens with one attached hydrogen (secondary N) is 2. The van der Waals surface area contributed by atoms with Crippen LogP contribution in [0.1, 0.15) is 36.3 Å². The van der Waals surface area contributed by atoms with Gasteiger partial charge in [-0.1, -0.05) is 36.4 Å². The summed E-state index contributed by atoms with van der Waals surface area (Å²) in [5.41, 5.74) is 25.4. The zero-order valence-electron chi connectivity index (χ0n) is 29.2. The highest BCUT2D eigenvalue weighted by molar-refractivity contribution is 8.18. The molecule has 0 saturated carbocycles. The number of anilines is 1. The number of hydrogen-bond acceptors (Lipinski definition) is 10. The first-order chi connectivity index (χ1) is 25.4. The molecule has 11 N–H and O–H groups in total. The van der Waals surface area contributed by atoms with Crippen LogP contribution < -0.4 is 42.6 Å². The number of rotatable bonds is 14. The third-order valence-corrected chi connectivity index (χ3v) is 9.69. The molecule has 0 radical (unpaired) electrons. The van der Waals surface area contributed by atoms with Gasteiger partial charge >= 0.3 is 0 Å². The lowest BCUT2D eigenvalue weighted by atomic mass is 9.93. The molecule has 5 rings (SSSR count). The topological polar surface area (TPSA) is 261 Å². The molecule has 0 aliphatic carbocycles. The summed E-state index contributed by atoms with van der Waals surface area (Å²) < 4.78 is 10.6. The molecule has 53 heavy (non-hydrogen) atoms. The van der Waals surface area contributed by atoms with Crippen molar-refractivity contribution in [2.75, 3.05) is 32.2 Å². The van der Waals surface area contributed by atoms with Gasteiger partial charge in [-0.25, -0.2) is 4.99 Å². The van der Waals surface area contributed by atoms with E-state index in [4.69, 9.17) is 42.8 Å². The van der Waals surface area contributed by atoms with Crippen LogP contribution in [0.5, 0.6) is 17.2 Å². The second-order valence-corrected chi connectivity index (χ2v) is 13.2. The lowest BCUT2D eigenvalue weighted by Crippen LogP contribution is -2.54. The first kappa shape index (κ1) is 38.0. The van der Waals surface area contributed by atoms with Crippen molar-refractivity contribution < 1.29 is 29.0 Å². The number of ether oxygens (including phenoxy) is 2. The average Bonchev–Trinajstić information content (AvgIpc) is 3.65. The van der Waals surface area contributed by atoms with E-state index in [0.717, 1.165) is 23.0 Å². The molecule has 1 unspecified atom stereocenters. The molecule has 3 aromatic rings. The van der Waals surface area contributed by atoms with Gasteiger partial charge in [0, 0.05) is 24.7 Å². The van der Waals surface area contributed by atoms with Gasteiger partial charge in [-0.15, -0.1) is 0 Å². The average molecular weight is 743 g/mol. The van der Waals surface area contributed by atoms with Gasteiger partial charge in [0.15, 0.2) is 28.6 Å². The van der Waals surface area contributed by atoms with Crippen molar-refractivity contribution in [3.05, 3.63) is 82.8 Å². The molecule has 0 spiro atoms. The van der Waals surface area contributed by atoms with Gasteiger partial charge in [-0.2, -0.15) is 0 Å². The highest BCUT2D eigenvalue weighted by Crippen LogP contribution is 2.41. The van der Waals surface area contributed by atoms with Crippen molar-refractivity contribution in [1.82, 2.24) is 10.2 Å². The number of amidine groups is 1. The number of nitrogens with zero attached hydrogens (tertiary/aromatic N) is 4. The van der Waals surface area contributed by atoms with Crippen LogP contribution >= 0.6 is 11.8 Å². The number of benzene rings is 3. The zero-order chi connectivity index (χ0) is 38.2. The molecule has 3 amide bonds. The molecule has 17 heteroatoms. The van der Waals surface area contributed by atoms with Crippen molar-refractivity contribution in [3.63, 3.8) is 0 Å². The number of hydrogen-bond donors (Lipinski definition) is 7. The summed E-state index contributed by atoms with van der Waals surface area (Å²) in [7, 11) is 2.78. The highest BCUT2D eigenvalue weighted by Gasteiger charge is 2.43. The van der Waals surface area contributed by atoms with Gasteiger partial charge in [-0.05, 0) is 78.6 Å². The fourth-order valence-electron chi connectivity index (χ4n) is 6.20. The van der Waals surface area contributed by atoms with Gasteiger partial charge in [0.05, 0.1) is 24.8 Å². The Bertz CT molecular complexity index is 1940. The molecular weight excluding hydrogens is 701 g/mol. The number of carbonyl (C=O) groups is 3. The largest absolute Gasteiger partial charge is 0.502 e. The van der Waals surface area contributed by atoms with Gasteiger partial charge in [0.2, 0.25) is 17.6 Å². The van der Waals surface area contributed by atoms with E-state index >= 15 is 0 Å². The van der Waals surface area contributed by atoms with Crippen LogP contribution in [-0.2, 0) is 14.4 Å². The number of nitrogens with two attached hydrogens (primary N) is 4. The number of amides is 3. The number of thioether (sulfide) groups is 1. The predicted octanol–water partition coefficient (Wildman–Crippen LogP) is 2.29. The van der Waals surface area contributed by atoms with Gasteiger partial charge < -0.3 is 47.7 Å². The quantitative estimate of drug-likeness (QED) is 0.0545. The zero-order valence-corrected chi connectivity index (χ0v) is 30.0. The summed E-state index contributed by atoms with van der Waals surface area (Å²) in [6.45, 7) is 0.480. The SMILES string of the molecule is COc1cc(C=C2SC(=Nc3ccccc3)N([C@@H](CCCN=C(N)N)C(=O)N[C@@H](CC3CN(C(=N)N)c4ccccc43)C(N)=O)C2=O)cc(OC)c1O. The van der Waals surface area contributed by atoms with Crippen molar-refractivity contribution in [2.24, 2.45) is 32.9 Å². The minimum absolute atomic E-state index is 0.0900. The Morgan fingerprint density at radius 3 is 2.34 bits per heavy atom. The third-order valence-electron chi connectivity index (χ3n) is 8.70. The smallest absolute Gasteiger partial charge is 0.267 e. The number of fused-ring (bicyclic) bond motifs is 1. The number of carbonyl (C=O) groups excluding carboxylic acids is 3. The van der Waals surface area contributed by atoms with E-state index in [2.05, 4.69) is 10.3 Å². The number of aromatic hydroxyl groups is 1. The Morgan fingerprint density at radius 2 is 1.72 bits per heavy atom. The third kappa shape index (κ3) is 8.81. The van der Waals surface area contributed by atoms with Crippen molar-refractivity contribution in [3.8, 4) is 17.2 Å². The lowest BCUT2D eigenvalue weighted by molar-refractivity contribution is -0.135. The Kier molecular flexibility index (Phi) is 12.1. The van der Waals surface area contributed by atoms with Crippen LogP contribution in [0.2, 0.25) is 0 Å². The summed E-state index contributed by atoms with van der Waals surface area (Å²) in [4.78, 5) is 53.6. The summed E-state index contributed by atoms with van der Waals surface area (Å²) in [5.74, 6) is -2.45. The standard InChI is InChI=1S/C36H42N10O6S/c1-51-27-15-20(16-28(52-2)30(27)47)17-29-33(50)46(36(53-29)43-22-9-4-3-5-10-22)26(13-8-14-42-34(38)39)32(49)44-24(31(37)48)18-21-19-45(35(40)41)25-12-7-6-11-23(21)25/h3-7,9-12,15-17,21,24,26,47H,8,13-14,18-19H2,1-2H3,(H2,37,48)(H3,40,41)(H,44,49)(H4,38,39,42)/t21?,24-,26-/m0/s1. The van der Waals surface area contributed by atoms with Crippen molar-refractivity contribution in [1.29, 1.82) is 5.41 Å². The number of primary amides is 1. The number of guanidine groups is 2. The van der Waals surface area contributed by atoms with E-state index in [0.29, 0.717) is 24.2 Å². The predicted molar refractivity (Wildman–Crippen MR) is 205 cm³/mol. The van der Waals surface area contributed by atoms with Crippen molar-refractivity contribution >= 4 is 64.0 Å². The maximum Gasteiger partial charge on any atom is 0.267 e. The maximum absolute atomic E-state index is 14.4. The van der Waals surface area contributed by atoms with Crippen LogP contribution in [0.15, 0.2) is 81.6 Å². The van der Waals surface area contributed by atoms with E-state index in [1.807, 2.05) is 30.3 Å². The van der Waals surface area contributed by atoms with E-state index in [-0.39, 0.29) is 64.5 Å². The Labute approximate surface area is 310 Å². The van der Waals surface area contributed by atoms with E-state index in [9.17, 15) is 19.5 Å². The van der Waals surface area contributed by atoms with Gasteiger partial charge in [-0.3, -0.25) is 29.7 Å². The van der Waals surface area contributed by atoms with E-state index in [1.165, 1.54) is 19.1 Å². The highest BCUT2D eigenvalue weighted by atomic mass is 32.2. The van der Waals surface area contributed by atoms with Crippen LogP contribution in [0.25, 0.3) is 6.08 Å². The molecule has 3 atom stereocenters. The lowest BCUT2D eigenvalue weighted by Gasteiger charge is -2.28. The number of phenols is 1. The Morgan fingerprint density at radius 1 is 1.06 bits per heavy atom. The molecule has 1 saturated heterocycles. The number of phenolic OH excluding ortho intramolecular Hbond substituents is 1. The summed E-state index contributed by atoms with van der Waals surface area (Å²) in [6.07, 6.45) is 2.08. The first-order valence-corrected chi connectivity index (χ1v) is 17.4. The van der Waals surface area contributed by atoms with E-state index in [1.54, 1.807) is 47.4 Å². The van der Waals surface area contributed by atoms with Crippen LogP contribution in [0, 0.1) is 5.41 Å². The van der Waals surface area contributed by atoms with Crippen LogP contribution in [0.4, 0.5) is 11.4 Å². The molecule has 0 bridgehead atoms. The number of methoxy groups -OCH3 is 2. The summed E-state index contributed by atoms with van der Waals surface area (Å²) >= 11 is 1.05. The summed E-state index contributed by atoms with van der Waals surface area (Å²) in [5, 5.41) is 21.5. The monoisotopic (exact) mass is 742 g/mol. The summed E-state index contributed by atoms with van der Waals surface area (Å²) in [6, 6.07) is 17.1. The fourth-order valence-corrected chi connectivity index (χ4v) is 7.23. The molecule has 1 fully saturated rings. The first-order valence-electron chi connectivity index (χ1n) is 16.6. The molecule has 3 aromatic carbocycles. The molecule has 278 valence electrons. The number of aliphatic imine (C=N–C) groups is 2. The second kappa shape index (κ2) is 16.9. The minimum atomic E-state index is -1.17. The Hall–Kier alpha value is -6.23. The molecule has 2 aliphatic heterocycles. The van der Waals surface area contributed by atoms with Crippen LogP contribution in [-0.4, -0.2) is 84.2 Å². The molecule has 0 aromatic heterocycles. The molecule has 2 heterocycles. The molecule has 16 nitrogen and oxygen atoms in total. The van der Waals surface area contributed by atoms with Gasteiger partial charge in [0.1, 0.15) is 12.1 Å². The second-order valence-electron chi connectivity index (χ2n) is 12.2. The molecule has 2 aliphatic rings. The molecular formula is C36H42N10O6S. The fraction of sp³-hybridized carbons (Fsp3) is 0.278. The maximum atomic E-state index is 14.4. The number of para-hydroxylation sites is 2. The van der Waals surface area contributed by atoms with Crippen LogP contribution in [0.3, 0.4) is 0 Å². The normalized spacial score (nSPS) is 17.7.